The fourth-order valence-electron chi connectivity index (χ4n) is 1.82. The molecule has 4 heteroatoms. The standard InChI is InChI=1S/C14H14O4/c1-8-3-5-10(6-4-8)12(9(2)14(16)17)13(15)11-7-18-11/h3-6,11-12H,2,7H2,1H3,(H,16,17). The molecule has 1 aromatic carbocycles. The molecule has 0 spiro atoms. The molecule has 18 heavy (non-hydrogen) atoms. The van der Waals surface area contributed by atoms with Gasteiger partial charge in [0.05, 0.1) is 12.5 Å². The molecule has 94 valence electrons. The molecule has 1 aliphatic rings. The van der Waals surface area contributed by atoms with Gasteiger partial charge in [-0.3, -0.25) is 4.79 Å². The Bertz CT molecular complexity index is 497. The van der Waals surface area contributed by atoms with Gasteiger partial charge in [0, 0.05) is 5.57 Å². The number of epoxide rings is 1. The molecule has 0 radical (unpaired) electrons. The Kier molecular flexibility index (Phi) is 3.30. The van der Waals surface area contributed by atoms with Crippen molar-refractivity contribution in [3.63, 3.8) is 0 Å². The summed E-state index contributed by atoms with van der Waals surface area (Å²) in [4.78, 5) is 23.1. The summed E-state index contributed by atoms with van der Waals surface area (Å²) in [5.41, 5.74) is 1.58. The van der Waals surface area contributed by atoms with E-state index < -0.39 is 18.0 Å². The highest BCUT2D eigenvalue weighted by Crippen LogP contribution is 2.30. The predicted molar refractivity (Wildman–Crippen MR) is 65.4 cm³/mol. The Hall–Kier alpha value is -1.94. The van der Waals surface area contributed by atoms with Crippen molar-refractivity contribution in [2.75, 3.05) is 6.61 Å². The minimum absolute atomic E-state index is 0.112. The third-order valence-electron chi connectivity index (χ3n) is 2.97. The maximum Gasteiger partial charge on any atom is 0.332 e. The molecule has 1 aromatic rings. The van der Waals surface area contributed by atoms with Gasteiger partial charge in [-0.2, -0.15) is 0 Å². The Morgan fingerprint density at radius 1 is 1.39 bits per heavy atom. The Balaban J connectivity index is 2.34. The van der Waals surface area contributed by atoms with E-state index >= 15 is 0 Å². The molecular weight excluding hydrogens is 232 g/mol. The van der Waals surface area contributed by atoms with Crippen LogP contribution in [0.15, 0.2) is 36.4 Å². The number of aryl methyl sites for hydroxylation is 1. The number of carboxylic acids is 1. The summed E-state index contributed by atoms with van der Waals surface area (Å²) < 4.78 is 4.94. The van der Waals surface area contributed by atoms with Gasteiger partial charge in [-0.25, -0.2) is 4.79 Å². The second-order valence-corrected chi connectivity index (χ2v) is 4.40. The lowest BCUT2D eigenvalue weighted by atomic mass is 9.86. The van der Waals surface area contributed by atoms with Gasteiger partial charge in [0.1, 0.15) is 6.10 Å². The fraction of sp³-hybridized carbons (Fsp3) is 0.286. The van der Waals surface area contributed by atoms with Crippen LogP contribution in [0.25, 0.3) is 0 Å². The number of benzene rings is 1. The van der Waals surface area contributed by atoms with Crippen molar-refractivity contribution in [2.24, 2.45) is 0 Å². The van der Waals surface area contributed by atoms with E-state index in [2.05, 4.69) is 6.58 Å². The van der Waals surface area contributed by atoms with Crippen LogP contribution in [0.5, 0.6) is 0 Å². The number of hydrogen-bond donors (Lipinski definition) is 1. The average Bonchev–Trinajstić information content (AvgIpc) is 3.15. The molecule has 1 heterocycles. The number of carbonyl (C=O) groups excluding carboxylic acids is 1. The second-order valence-electron chi connectivity index (χ2n) is 4.40. The summed E-state index contributed by atoms with van der Waals surface area (Å²) in [6.45, 7) is 5.81. The normalized spacial score (nSPS) is 19.1. The molecule has 1 aliphatic heterocycles. The van der Waals surface area contributed by atoms with Crippen molar-refractivity contribution < 1.29 is 19.4 Å². The van der Waals surface area contributed by atoms with Crippen LogP contribution in [0.4, 0.5) is 0 Å². The number of rotatable bonds is 5. The van der Waals surface area contributed by atoms with E-state index in [1.807, 2.05) is 19.1 Å². The molecule has 0 bridgehead atoms. The van der Waals surface area contributed by atoms with Crippen molar-refractivity contribution in [2.45, 2.75) is 18.9 Å². The second kappa shape index (κ2) is 4.74. The number of ether oxygens (including phenoxy) is 1. The van der Waals surface area contributed by atoms with Gasteiger partial charge >= 0.3 is 5.97 Å². The van der Waals surface area contributed by atoms with E-state index in [1.165, 1.54) is 0 Å². The lowest BCUT2D eigenvalue weighted by Gasteiger charge is -2.15. The van der Waals surface area contributed by atoms with Crippen molar-refractivity contribution >= 4 is 11.8 Å². The number of carboxylic acid groups (broad SMARTS) is 1. The van der Waals surface area contributed by atoms with E-state index in [9.17, 15) is 9.59 Å². The van der Waals surface area contributed by atoms with Crippen LogP contribution in [0.1, 0.15) is 17.0 Å². The summed E-state index contributed by atoms with van der Waals surface area (Å²) in [5, 5.41) is 9.03. The zero-order valence-electron chi connectivity index (χ0n) is 10.1. The highest BCUT2D eigenvalue weighted by molar-refractivity contribution is 6.02. The van der Waals surface area contributed by atoms with E-state index in [0.29, 0.717) is 12.2 Å². The molecule has 2 rings (SSSR count). The lowest BCUT2D eigenvalue weighted by Crippen LogP contribution is -2.23. The first-order valence-corrected chi connectivity index (χ1v) is 5.64. The highest BCUT2D eigenvalue weighted by Gasteiger charge is 2.39. The fourth-order valence-corrected chi connectivity index (χ4v) is 1.82. The van der Waals surface area contributed by atoms with E-state index in [1.54, 1.807) is 12.1 Å². The summed E-state index contributed by atoms with van der Waals surface area (Å²) in [5.74, 6) is -2.21. The van der Waals surface area contributed by atoms with Crippen LogP contribution in [0.3, 0.4) is 0 Å². The van der Waals surface area contributed by atoms with Gasteiger partial charge < -0.3 is 9.84 Å². The molecule has 1 fully saturated rings. The van der Waals surface area contributed by atoms with Gasteiger partial charge in [0.2, 0.25) is 0 Å². The maximum absolute atomic E-state index is 12.1. The summed E-state index contributed by atoms with van der Waals surface area (Å²) >= 11 is 0. The smallest absolute Gasteiger partial charge is 0.332 e. The van der Waals surface area contributed by atoms with Gasteiger partial charge in [-0.1, -0.05) is 36.4 Å². The van der Waals surface area contributed by atoms with Gasteiger partial charge in [-0.05, 0) is 12.5 Å². The first-order valence-electron chi connectivity index (χ1n) is 5.64. The van der Waals surface area contributed by atoms with Crippen molar-refractivity contribution in [1.29, 1.82) is 0 Å². The van der Waals surface area contributed by atoms with Gasteiger partial charge in [0.25, 0.3) is 0 Å². The minimum Gasteiger partial charge on any atom is -0.478 e. The van der Waals surface area contributed by atoms with Gasteiger partial charge in [0.15, 0.2) is 5.78 Å². The Morgan fingerprint density at radius 3 is 2.39 bits per heavy atom. The molecule has 1 N–H and O–H groups in total. The SMILES string of the molecule is C=C(C(=O)O)C(C(=O)C1CO1)c1ccc(C)cc1. The number of hydrogen-bond acceptors (Lipinski definition) is 3. The van der Waals surface area contributed by atoms with Crippen LogP contribution in [0.2, 0.25) is 0 Å². The summed E-state index contributed by atoms with van der Waals surface area (Å²) in [7, 11) is 0. The molecule has 0 amide bonds. The molecule has 4 nitrogen and oxygen atoms in total. The van der Waals surface area contributed by atoms with Crippen molar-refractivity contribution in [3.8, 4) is 0 Å². The monoisotopic (exact) mass is 246 g/mol. The molecule has 1 saturated heterocycles. The zero-order valence-corrected chi connectivity index (χ0v) is 10.1. The highest BCUT2D eigenvalue weighted by atomic mass is 16.6. The number of ketones is 1. The Morgan fingerprint density at radius 2 is 1.94 bits per heavy atom. The first-order chi connectivity index (χ1) is 8.50. The molecule has 0 aliphatic carbocycles. The largest absolute Gasteiger partial charge is 0.478 e. The zero-order chi connectivity index (χ0) is 13.3. The third kappa shape index (κ3) is 2.49. The van der Waals surface area contributed by atoms with Crippen molar-refractivity contribution in [3.05, 3.63) is 47.5 Å². The van der Waals surface area contributed by atoms with Crippen LogP contribution in [-0.2, 0) is 14.3 Å². The number of aliphatic carboxylic acids is 1. The predicted octanol–water partition coefficient (Wildman–Crippen LogP) is 1.69. The summed E-state index contributed by atoms with van der Waals surface area (Å²) in [6, 6.07) is 7.21. The number of Topliss-reactive ketones (excluding diaryl/α,β-unsaturated/α-hetero) is 1. The van der Waals surface area contributed by atoms with Crippen LogP contribution >= 0.6 is 0 Å². The summed E-state index contributed by atoms with van der Waals surface area (Å²) in [6.07, 6.45) is -0.479. The third-order valence-corrected chi connectivity index (χ3v) is 2.97. The number of carbonyl (C=O) groups is 2. The van der Waals surface area contributed by atoms with Crippen molar-refractivity contribution in [1.82, 2.24) is 0 Å². The lowest BCUT2D eigenvalue weighted by molar-refractivity contribution is -0.134. The first kappa shape index (κ1) is 12.5. The quantitative estimate of drug-likeness (QED) is 0.634. The van der Waals surface area contributed by atoms with Crippen LogP contribution < -0.4 is 0 Å². The Labute approximate surface area is 105 Å². The average molecular weight is 246 g/mol. The van der Waals surface area contributed by atoms with Crippen LogP contribution in [-0.4, -0.2) is 29.6 Å². The molecule has 0 saturated carbocycles. The molecule has 2 unspecified atom stereocenters. The molecule has 0 aromatic heterocycles. The maximum atomic E-state index is 12.1. The molecular formula is C14H14O4. The minimum atomic E-state index is -1.16. The molecule has 2 atom stereocenters. The topological polar surface area (TPSA) is 66.9 Å². The van der Waals surface area contributed by atoms with E-state index in [-0.39, 0.29) is 11.4 Å². The van der Waals surface area contributed by atoms with E-state index in [0.717, 1.165) is 5.56 Å². The van der Waals surface area contributed by atoms with E-state index in [4.69, 9.17) is 9.84 Å². The van der Waals surface area contributed by atoms with Gasteiger partial charge in [-0.15, -0.1) is 0 Å². The van der Waals surface area contributed by atoms with Crippen LogP contribution in [0, 0.1) is 6.92 Å².